The molecule has 0 saturated heterocycles. The number of carbonyl (C=O) groups excluding carboxylic acids is 1. The van der Waals surface area contributed by atoms with Gasteiger partial charge < -0.3 is 14.4 Å². The lowest BCUT2D eigenvalue weighted by Crippen LogP contribution is -2.35. The van der Waals surface area contributed by atoms with Crippen LogP contribution in [0.5, 0.6) is 11.5 Å². The van der Waals surface area contributed by atoms with Gasteiger partial charge in [0.15, 0.2) is 11.5 Å². The van der Waals surface area contributed by atoms with Gasteiger partial charge in [-0.25, -0.2) is 0 Å². The Bertz CT molecular complexity index is 732. The molecule has 0 bridgehead atoms. The molecule has 1 aromatic heterocycles. The molecule has 1 aromatic carbocycles. The number of hydrogen-bond donors (Lipinski definition) is 0. The van der Waals surface area contributed by atoms with E-state index < -0.39 is 0 Å². The molecule has 25 heavy (non-hydrogen) atoms. The fraction of sp³-hybridized carbons (Fsp3) is 0.474. The zero-order chi connectivity index (χ0) is 18.0. The molecule has 0 radical (unpaired) electrons. The highest BCUT2D eigenvalue weighted by atomic mass is 16.5. The number of rotatable bonds is 4. The first-order valence-electron chi connectivity index (χ1n) is 8.61. The molecule has 0 saturated carbocycles. The molecule has 0 atom stereocenters. The van der Waals surface area contributed by atoms with Crippen LogP contribution in [-0.2, 0) is 12.8 Å². The predicted octanol–water partition coefficient (Wildman–Crippen LogP) is 2.72. The molecule has 0 unspecified atom stereocenters. The highest BCUT2D eigenvalue weighted by Crippen LogP contribution is 2.32. The topological polar surface area (TPSA) is 56.6 Å². The van der Waals surface area contributed by atoms with E-state index in [0.717, 1.165) is 24.3 Å². The van der Waals surface area contributed by atoms with Gasteiger partial charge in [0.05, 0.1) is 14.2 Å². The Morgan fingerprint density at radius 1 is 1.08 bits per heavy atom. The van der Waals surface area contributed by atoms with Gasteiger partial charge in [-0.05, 0) is 56.0 Å². The van der Waals surface area contributed by atoms with E-state index >= 15 is 0 Å². The van der Waals surface area contributed by atoms with Crippen LogP contribution >= 0.6 is 0 Å². The highest BCUT2D eigenvalue weighted by Gasteiger charge is 2.24. The molecular weight excluding hydrogens is 318 g/mol. The summed E-state index contributed by atoms with van der Waals surface area (Å²) in [4.78, 5) is 14.9. The summed E-state index contributed by atoms with van der Waals surface area (Å²) in [6, 6.07) is 6.01. The molecule has 0 aliphatic carbocycles. The second-order valence-electron chi connectivity index (χ2n) is 6.52. The molecule has 0 spiro atoms. The van der Waals surface area contributed by atoms with Crippen LogP contribution in [0.4, 0.5) is 0 Å². The number of methoxy groups -OCH3 is 2. The van der Waals surface area contributed by atoms with Crippen LogP contribution in [0.25, 0.3) is 0 Å². The van der Waals surface area contributed by atoms with Crippen molar-refractivity contribution in [2.24, 2.45) is 0 Å². The normalized spacial score (nSPS) is 14.2. The summed E-state index contributed by atoms with van der Waals surface area (Å²) < 4.78 is 12.6. The third kappa shape index (κ3) is 3.34. The van der Waals surface area contributed by atoms with Crippen molar-refractivity contribution in [3.05, 3.63) is 41.2 Å². The van der Waals surface area contributed by atoms with Gasteiger partial charge in [0.2, 0.25) is 0 Å². The smallest absolute Gasteiger partial charge is 0.272 e. The fourth-order valence-corrected chi connectivity index (χ4v) is 3.31. The Kier molecular flexibility index (Phi) is 4.97. The third-order valence-electron chi connectivity index (χ3n) is 4.67. The summed E-state index contributed by atoms with van der Waals surface area (Å²) in [6.45, 7) is 5.43. The van der Waals surface area contributed by atoms with Crippen molar-refractivity contribution in [1.82, 2.24) is 14.7 Å². The van der Waals surface area contributed by atoms with Crippen molar-refractivity contribution in [3.8, 4) is 11.5 Å². The van der Waals surface area contributed by atoms with Crippen molar-refractivity contribution < 1.29 is 14.3 Å². The van der Waals surface area contributed by atoms with E-state index in [1.807, 2.05) is 30.9 Å². The van der Waals surface area contributed by atoms with Gasteiger partial charge in [0.25, 0.3) is 5.91 Å². The molecule has 2 aromatic rings. The van der Waals surface area contributed by atoms with Crippen LogP contribution in [0.15, 0.2) is 24.4 Å². The summed E-state index contributed by atoms with van der Waals surface area (Å²) in [5.74, 6) is 1.51. The maximum atomic E-state index is 13.0. The molecule has 0 N–H and O–H groups in total. The van der Waals surface area contributed by atoms with E-state index in [-0.39, 0.29) is 11.9 Å². The maximum absolute atomic E-state index is 13.0. The molecule has 1 aliphatic rings. The summed E-state index contributed by atoms with van der Waals surface area (Å²) in [7, 11) is 3.29. The van der Waals surface area contributed by atoms with E-state index in [1.165, 1.54) is 11.1 Å². The molecular formula is C19H25N3O3. The van der Waals surface area contributed by atoms with Crippen LogP contribution in [-0.4, -0.2) is 47.9 Å². The van der Waals surface area contributed by atoms with E-state index in [9.17, 15) is 4.79 Å². The van der Waals surface area contributed by atoms with Crippen LogP contribution < -0.4 is 9.47 Å². The minimum Gasteiger partial charge on any atom is -0.493 e. The molecule has 3 rings (SSSR count). The van der Waals surface area contributed by atoms with E-state index in [2.05, 4.69) is 5.10 Å². The Morgan fingerprint density at radius 2 is 1.64 bits per heavy atom. The number of fused-ring (bicyclic) bond motifs is 1. The van der Waals surface area contributed by atoms with Gasteiger partial charge in [-0.1, -0.05) is 0 Å². The van der Waals surface area contributed by atoms with Crippen LogP contribution in [0.3, 0.4) is 0 Å². The second kappa shape index (κ2) is 7.17. The number of amides is 1. The summed E-state index contributed by atoms with van der Waals surface area (Å²) in [5, 5.41) is 4.28. The fourth-order valence-electron chi connectivity index (χ4n) is 3.31. The lowest BCUT2D eigenvalue weighted by atomic mass is 10.0. The molecule has 2 heterocycles. The Balaban J connectivity index is 1.82. The van der Waals surface area contributed by atoms with E-state index in [1.54, 1.807) is 31.2 Å². The maximum Gasteiger partial charge on any atom is 0.272 e. The number of hydrogen-bond acceptors (Lipinski definition) is 4. The zero-order valence-corrected chi connectivity index (χ0v) is 15.3. The number of carbonyl (C=O) groups is 1. The average Bonchev–Trinajstić information content (AvgIpc) is 3.02. The van der Waals surface area contributed by atoms with Gasteiger partial charge in [-0.2, -0.15) is 5.10 Å². The SMILES string of the molecule is COc1cc2c(cc1OC)CCN(C(=O)c1ccnn1C(C)C)CC2. The summed E-state index contributed by atoms with van der Waals surface area (Å²) >= 11 is 0. The van der Waals surface area contributed by atoms with Crippen molar-refractivity contribution in [2.75, 3.05) is 27.3 Å². The highest BCUT2D eigenvalue weighted by molar-refractivity contribution is 5.92. The molecule has 1 amide bonds. The Morgan fingerprint density at radius 3 is 2.12 bits per heavy atom. The predicted molar refractivity (Wildman–Crippen MR) is 95.5 cm³/mol. The minimum atomic E-state index is 0.0398. The standard InChI is InChI=1S/C19H25N3O3/c1-13(2)22-16(5-8-20-22)19(23)21-9-6-14-11-17(24-3)18(25-4)12-15(14)7-10-21/h5,8,11-13H,6-7,9-10H2,1-4H3. The second-order valence-corrected chi connectivity index (χ2v) is 6.52. The molecule has 6 nitrogen and oxygen atoms in total. The minimum absolute atomic E-state index is 0.0398. The Hall–Kier alpha value is -2.50. The van der Waals surface area contributed by atoms with Crippen LogP contribution in [0.1, 0.15) is 41.5 Å². The van der Waals surface area contributed by atoms with Crippen LogP contribution in [0, 0.1) is 0 Å². The number of benzene rings is 1. The Labute approximate surface area is 148 Å². The van der Waals surface area contributed by atoms with Gasteiger partial charge in [0.1, 0.15) is 5.69 Å². The monoisotopic (exact) mass is 343 g/mol. The van der Waals surface area contributed by atoms with Gasteiger partial charge in [-0.3, -0.25) is 9.48 Å². The van der Waals surface area contributed by atoms with Crippen molar-refractivity contribution >= 4 is 5.91 Å². The summed E-state index contributed by atoms with van der Waals surface area (Å²) in [6.07, 6.45) is 3.30. The van der Waals surface area contributed by atoms with E-state index in [4.69, 9.17) is 9.47 Å². The number of aromatic nitrogens is 2. The van der Waals surface area contributed by atoms with Crippen molar-refractivity contribution in [2.45, 2.75) is 32.7 Å². The number of nitrogens with zero attached hydrogens (tertiary/aromatic N) is 3. The van der Waals surface area contributed by atoms with E-state index in [0.29, 0.717) is 18.8 Å². The molecule has 134 valence electrons. The van der Waals surface area contributed by atoms with Gasteiger partial charge >= 0.3 is 0 Å². The quantitative estimate of drug-likeness (QED) is 0.856. The first-order chi connectivity index (χ1) is 12.0. The largest absolute Gasteiger partial charge is 0.493 e. The molecule has 1 aliphatic heterocycles. The van der Waals surface area contributed by atoms with Gasteiger partial charge in [-0.15, -0.1) is 0 Å². The van der Waals surface area contributed by atoms with Crippen LogP contribution in [0.2, 0.25) is 0 Å². The lowest BCUT2D eigenvalue weighted by Gasteiger charge is -2.21. The van der Waals surface area contributed by atoms with Crippen molar-refractivity contribution in [3.63, 3.8) is 0 Å². The number of ether oxygens (including phenoxy) is 2. The first kappa shape index (κ1) is 17.3. The molecule has 6 heteroatoms. The molecule has 0 fully saturated rings. The zero-order valence-electron chi connectivity index (χ0n) is 15.3. The lowest BCUT2D eigenvalue weighted by molar-refractivity contribution is 0.0748. The van der Waals surface area contributed by atoms with Gasteiger partial charge in [0, 0.05) is 25.3 Å². The first-order valence-corrected chi connectivity index (χ1v) is 8.61. The average molecular weight is 343 g/mol. The third-order valence-corrected chi connectivity index (χ3v) is 4.67. The van der Waals surface area contributed by atoms with Crippen molar-refractivity contribution in [1.29, 1.82) is 0 Å². The summed E-state index contributed by atoms with van der Waals surface area (Å²) in [5.41, 5.74) is 3.08.